The zero-order valence-corrected chi connectivity index (χ0v) is 14.3. The Morgan fingerprint density at radius 1 is 1.50 bits per heavy atom. The number of thiocarbonyl (C=S) groups is 2. The zero-order valence-electron chi connectivity index (χ0n) is 8.92. The average Bonchev–Trinajstić information content (AvgIpc) is 2.00. The predicted molar refractivity (Wildman–Crippen MR) is 71.1 cm³/mol. The van der Waals surface area contributed by atoms with E-state index in [9.17, 15) is 0 Å². The minimum Gasteiger partial charge on any atom is -0.403 e. The maximum absolute atomic E-state index is 4.99. The standard InChI is InChI=1S/C7H13N2S3.CH3.Zn/c1-5(4-8-6(2)10)9-7(11)12-3;;/h5H,2,4H2,1,3H3,(H,8,10)(H,9,11);1H3;/q2*-1;+2. The van der Waals surface area contributed by atoms with E-state index in [0.717, 1.165) is 10.9 Å². The van der Waals surface area contributed by atoms with Gasteiger partial charge in [-0.1, -0.05) is 17.2 Å². The summed E-state index contributed by atoms with van der Waals surface area (Å²) in [5.74, 6) is 0. The number of rotatable bonds is 3. The first-order chi connectivity index (χ1) is 5.56. The van der Waals surface area contributed by atoms with Gasteiger partial charge in [0.25, 0.3) is 0 Å². The summed E-state index contributed by atoms with van der Waals surface area (Å²) < 4.78 is 0.805. The van der Waals surface area contributed by atoms with Crippen LogP contribution in [0.25, 0.3) is 0 Å². The molecule has 0 fully saturated rings. The number of hydrogen-bond donors (Lipinski definition) is 2. The van der Waals surface area contributed by atoms with Crippen LogP contribution in [0.1, 0.15) is 6.92 Å². The third-order valence-electron chi connectivity index (χ3n) is 1.16. The van der Waals surface area contributed by atoms with Crippen molar-refractivity contribution in [1.82, 2.24) is 10.6 Å². The summed E-state index contributed by atoms with van der Waals surface area (Å²) >= 11 is 11.3. The smallest absolute Gasteiger partial charge is 0.403 e. The molecule has 2 nitrogen and oxygen atoms in total. The molecule has 0 amide bonds. The van der Waals surface area contributed by atoms with Gasteiger partial charge in [-0.05, 0) is 13.2 Å². The van der Waals surface area contributed by atoms with Crippen molar-refractivity contribution in [3.63, 3.8) is 0 Å². The summed E-state index contributed by atoms with van der Waals surface area (Å²) in [5.41, 5.74) is 0. The quantitative estimate of drug-likeness (QED) is 0.470. The molecule has 0 heterocycles. The Labute approximate surface area is 115 Å². The van der Waals surface area contributed by atoms with Crippen molar-refractivity contribution < 1.29 is 19.5 Å². The first kappa shape index (κ1) is 20.1. The molecule has 6 heteroatoms. The molecule has 0 aromatic rings. The normalized spacial score (nSPS) is 10.1. The van der Waals surface area contributed by atoms with Crippen LogP contribution in [0.5, 0.6) is 0 Å². The van der Waals surface area contributed by atoms with Crippen LogP contribution >= 0.6 is 36.2 Å². The molecule has 0 bridgehead atoms. The molecule has 0 radical (unpaired) electrons. The molecule has 0 aliphatic heterocycles. The Hall–Kier alpha value is 0.623. The minimum absolute atomic E-state index is 0. The van der Waals surface area contributed by atoms with Gasteiger partial charge in [-0.25, -0.2) is 0 Å². The van der Waals surface area contributed by atoms with Gasteiger partial charge >= 0.3 is 19.5 Å². The van der Waals surface area contributed by atoms with Gasteiger partial charge in [0.1, 0.15) is 4.32 Å². The summed E-state index contributed by atoms with van der Waals surface area (Å²) in [6.07, 6.45) is 1.95. The largest absolute Gasteiger partial charge is 2.00 e. The fourth-order valence-corrected chi connectivity index (χ4v) is 1.18. The van der Waals surface area contributed by atoms with E-state index >= 15 is 0 Å². The van der Waals surface area contributed by atoms with Crippen LogP contribution in [0.15, 0.2) is 0 Å². The average molecular weight is 302 g/mol. The van der Waals surface area contributed by atoms with Crippen LogP contribution < -0.4 is 10.6 Å². The Morgan fingerprint density at radius 2 is 2.00 bits per heavy atom. The van der Waals surface area contributed by atoms with E-state index in [1.165, 1.54) is 11.8 Å². The minimum atomic E-state index is 0. The third kappa shape index (κ3) is 12.6. The summed E-state index contributed by atoms with van der Waals surface area (Å²) in [7, 11) is 0. The summed E-state index contributed by atoms with van der Waals surface area (Å²) in [5, 5.41) is 6.09. The molecular formula is C8H16N2S3Zn. The molecule has 0 saturated heterocycles. The van der Waals surface area contributed by atoms with Gasteiger partial charge in [-0.2, -0.15) is 0 Å². The Bertz CT molecular complexity index is 176. The number of thioether (sulfide) groups is 1. The van der Waals surface area contributed by atoms with Crippen molar-refractivity contribution >= 4 is 45.5 Å². The van der Waals surface area contributed by atoms with E-state index in [1.807, 2.05) is 13.2 Å². The first-order valence-electron chi connectivity index (χ1n) is 3.50. The van der Waals surface area contributed by atoms with Crippen molar-refractivity contribution in [1.29, 1.82) is 0 Å². The molecule has 0 spiro atoms. The monoisotopic (exact) mass is 300 g/mol. The van der Waals surface area contributed by atoms with Crippen molar-refractivity contribution in [3.8, 4) is 0 Å². The van der Waals surface area contributed by atoms with Gasteiger partial charge in [0.05, 0.1) is 0 Å². The molecule has 78 valence electrons. The molecule has 1 unspecified atom stereocenters. The van der Waals surface area contributed by atoms with Gasteiger partial charge in [-0.15, -0.1) is 24.0 Å². The molecular weight excluding hydrogens is 286 g/mol. The van der Waals surface area contributed by atoms with Gasteiger partial charge in [0, 0.05) is 12.6 Å². The molecule has 0 aliphatic rings. The molecule has 0 aromatic carbocycles. The molecule has 1 atom stereocenters. The molecule has 0 rings (SSSR count). The SMILES string of the molecule is [CH2-]C(=S)NCC(C)NC(=S)SC.[CH3-].[Zn+2]. The predicted octanol–water partition coefficient (Wildman–Crippen LogP) is 1.81. The van der Waals surface area contributed by atoms with Gasteiger partial charge in [-0.3, -0.25) is 0 Å². The van der Waals surface area contributed by atoms with E-state index in [-0.39, 0.29) is 32.9 Å². The van der Waals surface area contributed by atoms with Crippen LogP contribution in [-0.2, 0) is 19.5 Å². The van der Waals surface area contributed by atoms with Crippen molar-refractivity contribution in [2.75, 3.05) is 12.8 Å². The van der Waals surface area contributed by atoms with Gasteiger partial charge in [0.2, 0.25) is 0 Å². The van der Waals surface area contributed by atoms with Crippen LogP contribution in [0.4, 0.5) is 0 Å². The van der Waals surface area contributed by atoms with Crippen LogP contribution in [0, 0.1) is 14.4 Å². The second kappa shape index (κ2) is 11.7. The molecule has 0 saturated carbocycles. The van der Waals surface area contributed by atoms with E-state index in [0.29, 0.717) is 4.99 Å². The molecule has 14 heavy (non-hydrogen) atoms. The van der Waals surface area contributed by atoms with E-state index < -0.39 is 0 Å². The van der Waals surface area contributed by atoms with E-state index in [4.69, 9.17) is 24.4 Å². The fraction of sp³-hybridized carbons (Fsp3) is 0.500. The van der Waals surface area contributed by atoms with Crippen molar-refractivity contribution in [3.05, 3.63) is 14.4 Å². The second-order valence-corrected chi connectivity index (χ2v) is 4.32. The first-order valence-corrected chi connectivity index (χ1v) is 5.54. The van der Waals surface area contributed by atoms with E-state index in [1.54, 1.807) is 0 Å². The van der Waals surface area contributed by atoms with Crippen LogP contribution in [0.2, 0.25) is 0 Å². The van der Waals surface area contributed by atoms with Gasteiger partial charge in [0.15, 0.2) is 0 Å². The van der Waals surface area contributed by atoms with Gasteiger partial charge < -0.3 is 25.0 Å². The summed E-state index contributed by atoms with van der Waals surface area (Å²) in [6, 6.07) is 0.282. The number of hydrogen-bond acceptors (Lipinski definition) is 3. The Morgan fingerprint density at radius 3 is 2.36 bits per heavy atom. The summed E-state index contributed by atoms with van der Waals surface area (Å²) in [4.78, 5) is 0.568. The molecule has 0 aliphatic carbocycles. The Balaban J connectivity index is -0.000000605. The van der Waals surface area contributed by atoms with Crippen molar-refractivity contribution in [2.45, 2.75) is 13.0 Å². The Kier molecular flexibility index (Phi) is 16.8. The number of nitrogens with one attached hydrogen (secondary N) is 2. The van der Waals surface area contributed by atoms with E-state index in [2.05, 4.69) is 17.6 Å². The zero-order chi connectivity index (χ0) is 9.56. The van der Waals surface area contributed by atoms with Crippen LogP contribution in [-0.4, -0.2) is 28.2 Å². The van der Waals surface area contributed by atoms with Crippen molar-refractivity contribution in [2.24, 2.45) is 0 Å². The second-order valence-electron chi connectivity index (χ2n) is 2.34. The third-order valence-corrected chi connectivity index (χ3v) is 2.41. The topological polar surface area (TPSA) is 24.1 Å². The molecule has 0 aromatic heterocycles. The van der Waals surface area contributed by atoms with Crippen LogP contribution in [0.3, 0.4) is 0 Å². The maximum Gasteiger partial charge on any atom is 2.00 e. The summed E-state index contributed by atoms with van der Waals surface area (Å²) in [6.45, 7) is 6.35. The molecule has 2 N–H and O–H groups in total. The fourth-order valence-electron chi connectivity index (χ4n) is 0.578. The maximum atomic E-state index is 4.99.